The van der Waals surface area contributed by atoms with Gasteiger partial charge in [-0.2, -0.15) is 0 Å². The molecule has 25 heavy (non-hydrogen) atoms. The van der Waals surface area contributed by atoms with Crippen molar-refractivity contribution in [2.45, 2.75) is 26.7 Å². The van der Waals surface area contributed by atoms with E-state index in [1.165, 1.54) is 0 Å². The first-order valence-corrected chi connectivity index (χ1v) is 8.26. The molecule has 0 atom stereocenters. The van der Waals surface area contributed by atoms with E-state index in [1.54, 1.807) is 6.20 Å². The molecule has 0 bridgehead atoms. The molecule has 0 unspecified atom stereocenters. The number of hydrogen-bond donors (Lipinski definition) is 1. The van der Waals surface area contributed by atoms with Gasteiger partial charge in [0.1, 0.15) is 0 Å². The topological polar surface area (TPSA) is 54.9 Å². The number of allylic oxidation sites excluding steroid dienone is 5. The largest absolute Gasteiger partial charge is 0.309 e. The quantitative estimate of drug-likeness (QED) is 0.759. The number of carbonyl (C=O) groups excluding carboxylic acids is 1. The Kier molecular flexibility index (Phi) is 6.84. The van der Waals surface area contributed by atoms with Gasteiger partial charge in [0.15, 0.2) is 5.82 Å². The van der Waals surface area contributed by atoms with Gasteiger partial charge in [0.25, 0.3) is 0 Å². The maximum Gasteiger partial charge on any atom is 0.225 e. The first-order chi connectivity index (χ1) is 12.1. The number of nitrogens with one attached hydrogen (secondary N) is 1. The van der Waals surface area contributed by atoms with E-state index in [9.17, 15) is 4.79 Å². The van der Waals surface area contributed by atoms with E-state index >= 15 is 0 Å². The van der Waals surface area contributed by atoms with E-state index in [0.29, 0.717) is 30.0 Å². The van der Waals surface area contributed by atoms with Crippen molar-refractivity contribution in [3.63, 3.8) is 0 Å². The lowest BCUT2D eigenvalue weighted by Gasteiger charge is -2.08. The predicted molar refractivity (Wildman–Crippen MR) is 103 cm³/mol. The average molecular weight is 333 g/mol. The number of carbonyl (C=O) groups is 1. The van der Waals surface area contributed by atoms with Gasteiger partial charge in [-0.15, -0.1) is 0 Å². The van der Waals surface area contributed by atoms with Gasteiger partial charge < -0.3 is 5.32 Å². The van der Waals surface area contributed by atoms with Crippen molar-refractivity contribution in [2.75, 3.05) is 5.32 Å². The van der Waals surface area contributed by atoms with Crippen LogP contribution in [-0.4, -0.2) is 15.9 Å². The molecule has 1 heterocycles. The summed E-state index contributed by atoms with van der Waals surface area (Å²) >= 11 is 0. The van der Waals surface area contributed by atoms with Gasteiger partial charge in [-0.25, -0.2) is 9.97 Å². The summed E-state index contributed by atoms with van der Waals surface area (Å²) < 4.78 is 0. The highest BCUT2D eigenvalue weighted by molar-refractivity contribution is 5.90. The highest BCUT2D eigenvalue weighted by atomic mass is 16.1. The highest BCUT2D eigenvalue weighted by Crippen LogP contribution is 2.15. The number of aryl methyl sites for hydroxylation is 2. The van der Waals surface area contributed by atoms with Crippen LogP contribution >= 0.6 is 0 Å². The van der Waals surface area contributed by atoms with Crippen LogP contribution in [0.15, 0.2) is 67.4 Å². The van der Waals surface area contributed by atoms with Crippen molar-refractivity contribution in [3.05, 3.63) is 84.4 Å². The molecule has 0 radical (unpaired) electrons. The van der Waals surface area contributed by atoms with Crippen LogP contribution in [0.1, 0.15) is 30.3 Å². The maximum atomic E-state index is 12.1. The van der Waals surface area contributed by atoms with Crippen molar-refractivity contribution >= 4 is 17.3 Å². The Morgan fingerprint density at radius 2 is 2.00 bits per heavy atom. The monoisotopic (exact) mass is 333 g/mol. The Bertz CT molecular complexity index is 792. The molecule has 4 nitrogen and oxygen atoms in total. The Morgan fingerprint density at radius 3 is 2.68 bits per heavy atom. The summed E-state index contributed by atoms with van der Waals surface area (Å²) in [6, 6.07) is 9.93. The lowest BCUT2D eigenvalue weighted by molar-refractivity contribution is -0.116. The van der Waals surface area contributed by atoms with Crippen LogP contribution in [0.4, 0.5) is 5.82 Å². The van der Waals surface area contributed by atoms with Gasteiger partial charge in [0, 0.05) is 6.42 Å². The van der Waals surface area contributed by atoms with E-state index in [-0.39, 0.29) is 5.91 Å². The number of anilines is 1. The summed E-state index contributed by atoms with van der Waals surface area (Å²) in [6.07, 6.45) is 10.4. The number of hydrogen-bond acceptors (Lipinski definition) is 3. The van der Waals surface area contributed by atoms with Crippen molar-refractivity contribution in [2.24, 2.45) is 0 Å². The first kappa shape index (κ1) is 18.3. The molecule has 0 aliphatic rings. The van der Waals surface area contributed by atoms with Crippen LogP contribution in [0, 0.1) is 6.92 Å². The lowest BCUT2D eigenvalue weighted by Crippen LogP contribution is -2.15. The molecule has 4 heteroatoms. The van der Waals surface area contributed by atoms with E-state index in [0.717, 1.165) is 11.1 Å². The zero-order valence-electron chi connectivity index (χ0n) is 14.7. The number of benzene rings is 1. The van der Waals surface area contributed by atoms with Crippen LogP contribution in [0.25, 0.3) is 5.57 Å². The van der Waals surface area contributed by atoms with Crippen molar-refractivity contribution in [1.82, 2.24) is 9.97 Å². The normalized spacial score (nSPS) is 11.1. The van der Waals surface area contributed by atoms with E-state index < -0.39 is 0 Å². The number of amides is 1. The minimum absolute atomic E-state index is 0.0687. The second kappa shape index (κ2) is 9.33. The molecule has 0 saturated carbocycles. The summed E-state index contributed by atoms with van der Waals surface area (Å²) in [5.74, 6) is 0.424. The molecule has 0 aliphatic heterocycles. The summed E-state index contributed by atoms with van der Waals surface area (Å²) in [4.78, 5) is 20.9. The van der Waals surface area contributed by atoms with E-state index in [1.807, 2.05) is 68.5 Å². The second-order valence-corrected chi connectivity index (χ2v) is 5.63. The molecule has 2 rings (SSSR count). The minimum atomic E-state index is -0.0687. The maximum absolute atomic E-state index is 12.1. The van der Waals surface area contributed by atoms with E-state index in [2.05, 4.69) is 21.9 Å². The third-order valence-corrected chi connectivity index (χ3v) is 3.62. The third kappa shape index (κ3) is 5.84. The smallest absolute Gasteiger partial charge is 0.225 e. The summed E-state index contributed by atoms with van der Waals surface area (Å²) in [5, 5.41) is 2.83. The zero-order chi connectivity index (χ0) is 18.1. The van der Waals surface area contributed by atoms with Crippen LogP contribution in [0.3, 0.4) is 0 Å². The molecule has 1 aromatic carbocycles. The molecule has 0 fully saturated rings. The number of aromatic nitrogens is 2. The molecule has 128 valence electrons. The Morgan fingerprint density at radius 1 is 1.24 bits per heavy atom. The second-order valence-electron chi connectivity index (χ2n) is 5.63. The van der Waals surface area contributed by atoms with E-state index in [4.69, 9.17) is 0 Å². The third-order valence-electron chi connectivity index (χ3n) is 3.62. The van der Waals surface area contributed by atoms with Gasteiger partial charge in [-0.3, -0.25) is 4.79 Å². The van der Waals surface area contributed by atoms with Crippen molar-refractivity contribution in [3.8, 4) is 0 Å². The summed E-state index contributed by atoms with van der Waals surface area (Å²) in [5.41, 5.74) is 3.28. The Balaban J connectivity index is 1.96. The van der Waals surface area contributed by atoms with Gasteiger partial charge >= 0.3 is 0 Å². The van der Waals surface area contributed by atoms with Gasteiger partial charge in [-0.1, -0.05) is 61.2 Å². The van der Waals surface area contributed by atoms with Gasteiger partial charge in [0.05, 0.1) is 17.6 Å². The Labute approximate surface area is 149 Å². The van der Waals surface area contributed by atoms with Gasteiger partial charge in [0.2, 0.25) is 5.91 Å². The van der Waals surface area contributed by atoms with Gasteiger partial charge in [-0.05, 0) is 31.4 Å². The predicted octanol–water partition coefficient (Wildman–Crippen LogP) is 4.50. The standard InChI is InChI=1S/C21H23N3O/c1-4-5-7-10-16(2)19-15-22-21(17(3)23-19)24-20(25)14-13-18-11-8-6-9-12-18/h4-12,15H,2,13-14H2,1,3H3,(H,22,24,25)/b5-4-,10-7-. The summed E-state index contributed by atoms with van der Waals surface area (Å²) in [6.45, 7) is 7.76. The Hall–Kier alpha value is -3.01. The lowest BCUT2D eigenvalue weighted by atomic mass is 10.1. The fraction of sp³-hybridized carbons (Fsp3) is 0.190. The molecule has 0 saturated heterocycles. The summed E-state index contributed by atoms with van der Waals surface area (Å²) in [7, 11) is 0. The molecular weight excluding hydrogens is 310 g/mol. The fourth-order valence-electron chi connectivity index (χ4n) is 2.22. The molecule has 1 N–H and O–H groups in total. The molecule has 1 amide bonds. The first-order valence-electron chi connectivity index (χ1n) is 8.26. The molecule has 1 aromatic heterocycles. The van der Waals surface area contributed by atoms with Crippen LogP contribution in [0.5, 0.6) is 0 Å². The van der Waals surface area contributed by atoms with Crippen LogP contribution in [-0.2, 0) is 11.2 Å². The van der Waals surface area contributed by atoms with Crippen LogP contribution < -0.4 is 5.32 Å². The number of nitrogens with zero attached hydrogens (tertiary/aromatic N) is 2. The van der Waals surface area contributed by atoms with Crippen molar-refractivity contribution < 1.29 is 4.79 Å². The van der Waals surface area contributed by atoms with Crippen molar-refractivity contribution in [1.29, 1.82) is 0 Å². The van der Waals surface area contributed by atoms with Crippen LogP contribution in [0.2, 0.25) is 0 Å². The molecule has 0 aliphatic carbocycles. The highest BCUT2D eigenvalue weighted by Gasteiger charge is 2.09. The fourth-order valence-corrected chi connectivity index (χ4v) is 2.22. The molecule has 0 spiro atoms. The average Bonchev–Trinajstić information content (AvgIpc) is 2.62. The molecule has 2 aromatic rings. The molecular formula is C21H23N3O. The zero-order valence-corrected chi connectivity index (χ0v) is 14.7. The number of rotatable bonds is 7. The minimum Gasteiger partial charge on any atom is -0.309 e. The SMILES string of the molecule is C=C(/C=C\C=C/C)c1cnc(NC(=O)CCc2ccccc2)c(C)n1.